The van der Waals surface area contributed by atoms with Crippen LogP contribution in [0.1, 0.15) is 30.3 Å². The van der Waals surface area contributed by atoms with Crippen molar-refractivity contribution >= 4 is 18.4 Å². The van der Waals surface area contributed by atoms with Crippen LogP contribution in [0.15, 0.2) is 47.6 Å². The highest BCUT2D eigenvalue weighted by molar-refractivity contribution is 7.71. The van der Waals surface area contributed by atoms with E-state index >= 15 is 0 Å². The van der Waals surface area contributed by atoms with Crippen molar-refractivity contribution in [3.8, 4) is 17.2 Å². The van der Waals surface area contributed by atoms with Gasteiger partial charge in [0, 0.05) is 5.56 Å². The zero-order valence-corrected chi connectivity index (χ0v) is 17.2. The largest absolute Gasteiger partial charge is 0.496 e. The van der Waals surface area contributed by atoms with Gasteiger partial charge in [0.1, 0.15) is 12.4 Å². The molecule has 0 aliphatic rings. The number of ether oxygens (including phenoxy) is 3. The Morgan fingerprint density at radius 2 is 1.90 bits per heavy atom. The van der Waals surface area contributed by atoms with E-state index in [0.29, 0.717) is 29.4 Å². The minimum Gasteiger partial charge on any atom is -0.496 e. The van der Waals surface area contributed by atoms with Gasteiger partial charge in [-0.15, -0.1) is 0 Å². The number of methoxy groups -OCH3 is 1. The van der Waals surface area contributed by atoms with Gasteiger partial charge in [-0.25, -0.2) is 13.9 Å². The fourth-order valence-electron chi connectivity index (χ4n) is 2.67. The molecule has 1 N–H and O–H groups in total. The van der Waals surface area contributed by atoms with Gasteiger partial charge in [-0.2, -0.15) is 14.9 Å². The maximum Gasteiger partial charge on any atom is 0.299 e. The van der Waals surface area contributed by atoms with Crippen LogP contribution in [0.2, 0.25) is 0 Å². The Labute approximate surface area is 176 Å². The van der Waals surface area contributed by atoms with E-state index in [-0.39, 0.29) is 11.4 Å². The second kappa shape index (κ2) is 9.97. The third-order valence-corrected chi connectivity index (χ3v) is 4.29. The van der Waals surface area contributed by atoms with Gasteiger partial charge in [-0.3, -0.25) is 0 Å². The van der Waals surface area contributed by atoms with Crippen LogP contribution in [0.3, 0.4) is 0 Å². The van der Waals surface area contributed by atoms with Crippen molar-refractivity contribution in [1.82, 2.24) is 14.9 Å². The molecule has 0 fully saturated rings. The molecule has 0 saturated heterocycles. The summed E-state index contributed by atoms with van der Waals surface area (Å²) in [6.45, 7) is 2.63. The predicted molar refractivity (Wildman–Crippen MR) is 110 cm³/mol. The summed E-state index contributed by atoms with van der Waals surface area (Å²) in [6, 6.07) is 12.6. The average Bonchev–Trinajstić information content (AvgIpc) is 3.12. The molecule has 158 valence electrons. The predicted octanol–water partition coefficient (Wildman–Crippen LogP) is 4.75. The van der Waals surface area contributed by atoms with Crippen molar-refractivity contribution in [2.24, 2.45) is 5.10 Å². The van der Waals surface area contributed by atoms with Gasteiger partial charge in [0.15, 0.2) is 11.5 Å². The van der Waals surface area contributed by atoms with Crippen molar-refractivity contribution in [2.45, 2.75) is 20.0 Å². The number of benzene rings is 2. The van der Waals surface area contributed by atoms with E-state index in [1.165, 1.54) is 6.21 Å². The SMILES string of the molecule is CCOc1ccccc1OCc1cc(C=Nn2c(C(F)F)n[nH]c2=S)ccc1OC. The molecule has 0 spiro atoms. The summed E-state index contributed by atoms with van der Waals surface area (Å²) in [6.07, 6.45) is -1.39. The smallest absolute Gasteiger partial charge is 0.299 e. The maximum absolute atomic E-state index is 13.0. The Hall–Kier alpha value is -3.27. The number of aromatic amines is 1. The summed E-state index contributed by atoms with van der Waals surface area (Å²) in [5, 5.41) is 9.82. The highest BCUT2D eigenvalue weighted by atomic mass is 32.1. The Morgan fingerprint density at radius 3 is 2.57 bits per heavy atom. The van der Waals surface area contributed by atoms with Crippen LogP contribution in [0, 0.1) is 4.77 Å². The van der Waals surface area contributed by atoms with E-state index < -0.39 is 12.2 Å². The number of H-pyrrole nitrogens is 1. The number of aromatic nitrogens is 3. The Balaban J connectivity index is 1.83. The molecule has 1 aromatic heterocycles. The molecule has 0 radical (unpaired) electrons. The zero-order valence-electron chi connectivity index (χ0n) is 16.3. The topological polar surface area (TPSA) is 73.7 Å². The Kier molecular flexibility index (Phi) is 7.12. The quantitative estimate of drug-likeness (QED) is 0.389. The molecule has 30 heavy (non-hydrogen) atoms. The van der Waals surface area contributed by atoms with Crippen LogP contribution in [0.4, 0.5) is 8.78 Å². The van der Waals surface area contributed by atoms with E-state index in [1.54, 1.807) is 25.3 Å². The first kappa shape index (κ1) is 21.4. The molecular formula is C20H20F2N4O3S. The van der Waals surface area contributed by atoms with Gasteiger partial charge in [-0.1, -0.05) is 12.1 Å². The summed E-state index contributed by atoms with van der Waals surface area (Å²) >= 11 is 4.95. The first-order valence-corrected chi connectivity index (χ1v) is 9.45. The van der Waals surface area contributed by atoms with Crippen LogP contribution in [-0.2, 0) is 6.61 Å². The number of halogens is 2. The lowest BCUT2D eigenvalue weighted by molar-refractivity contribution is 0.136. The lowest BCUT2D eigenvalue weighted by Gasteiger charge is -2.14. The molecule has 1 heterocycles. The summed E-state index contributed by atoms with van der Waals surface area (Å²) in [5.74, 6) is 1.31. The Bertz CT molecular complexity index is 1080. The van der Waals surface area contributed by atoms with Gasteiger partial charge in [0.05, 0.1) is 19.9 Å². The van der Waals surface area contributed by atoms with Gasteiger partial charge in [0.25, 0.3) is 6.43 Å². The molecule has 3 rings (SSSR count). The number of nitrogens with one attached hydrogen (secondary N) is 1. The fourth-order valence-corrected chi connectivity index (χ4v) is 2.86. The number of hydrogen-bond donors (Lipinski definition) is 1. The molecule has 0 saturated carbocycles. The summed E-state index contributed by atoms with van der Waals surface area (Å²) in [4.78, 5) is 0. The van der Waals surface area contributed by atoms with E-state index in [1.807, 2.05) is 31.2 Å². The number of rotatable bonds is 9. The number of para-hydroxylation sites is 2. The molecule has 2 aromatic carbocycles. The minimum absolute atomic E-state index is 0.0221. The third-order valence-electron chi connectivity index (χ3n) is 4.03. The summed E-state index contributed by atoms with van der Waals surface area (Å²) in [5.41, 5.74) is 1.40. The standard InChI is InChI=1S/C20H20F2N4O3S/c1-3-28-16-6-4-5-7-17(16)29-12-14-10-13(8-9-15(14)27-2)11-23-26-19(18(21)22)24-25-20(26)30/h4-11,18H,3,12H2,1-2H3,(H,25,30). The second-order valence-corrected chi connectivity index (χ2v) is 6.37. The average molecular weight is 434 g/mol. The lowest BCUT2D eigenvalue weighted by atomic mass is 10.1. The van der Waals surface area contributed by atoms with Crippen LogP contribution in [-0.4, -0.2) is 34.8 Å². The number of nitrogens with zero attached hydrogens (tertiary/aromatic N) is 3. The zero-order chi connectivity index (χ0) is 21.5. The van der Waals surface area contributed by atoms with Crippen molar-refractivity contribution in [3.05, 3.63) is 64.2 Å². The monoisotopic (exact) mass is 434 g/mol. The van der Waals surface area contributed by atoms with E-state index in [4.69, 9.17) is 26.4 Å². The third kappa shape index (κ3) is 5.01. The molecule has 0 unspecified atom stereocenters. The van der Waals surface area contributed by atoms with Crippen molar-refractivity contribution in [1.29, 1.82) is 0 Å². The van der Waals surface area contributed by atoms with Crippen LogP contribution >= 0.6 is 12.2 Å². The first-order valence-electron chi connectivity index (χ1n) is 9.04. The second-order valence-electron chi connectivity index (χ2n) is 5.98. The first-order chi connectivity index (χ1) is 14.5. The van der Waals surface area contributed by atoms with Crippen molar-refractivity contribution < 1.29 is 23.0 Å². The van der Waals surface area contributed by atoms with E-state index in [9.17, 15) is 8.78 Å². The van der Waals surface area contributed by atoms with Gasteiger partial charge in [0.2, 0.25) is 10.6 Å². The fraction of sp³-hybridized carbons (Fsp3) is 0.250. The van der Waals surface area contributed by atoms with Crippen LogP contribution in [0.25, 0.3) is 0 Å². The molecule has 0 atom stereocenters. The lowest BCUT2D eigenvalue weighted by Crippen LogP contribution is -2.03. The molecule has 0 amide bonds. The van der Waals surface area contributed by atoms with Crippen molar-refractivity contribution in [3.63, 3.8) is 0 Å². The van der Waals surface area contributed by atoms with Gasteiger partial charge in [-0.05, 0) is 55.0 Å². The highest BCUT2D eigenvalue weighted by Crippen LogP contribution is 2.29. The summed E-state index contributed by atoms with van der Waals surface area (Å²) in [7, 11) is 1.56. The molecule has 3 aromatic rings. The molecular weight excluding hydrogens is 414 g/mol. The molecule has 0 bridgehead atoms. The number of hydrogen-bond acceptors (Lipinski definition) is 6. The minimum atomic E-state index is -2.81. The van der Waals surface area contributed by atoms with E-state index in [0.717, 1.165) is 10.2 Å². The maximum atomic E-state index is 13.0. The summed E-state index contributed by atoms with van der Waals surface area (Å²) < 4.78 is 43.8. The molecule has 10 heteroatoms. The molecule has 7 nitrogen and oxygen atoms in total. The Morgan fingerprint density at radius 1 is 1.17 bits per heavy atom. The molecule has 0 aliphatic heterocycles. The van der Waals surface area contributed by atoms with E-state index in [2.05, 4.69) is 15.3 Å². The highest BCUT2D eigenvalue weighted by Gasteiger charge is 2.16. The van der Waals surface area contributed by atoms with Crippen molar-refractivity contribution in [2.75, 3.05) is 13.7 Å². The molecule has 0 aliphatic carbocycles. The van der Waals surface area contributed by atoms with Gasteiger partial charge < -0.3 is 14.2 Å². The van der Waals surface area contributed by atoms with Crippen LogP contribution in [0.5, 0.6) is 17.2 Å². The normalized spacial score (nSPS) is 11.2. The van der Waals surface area contributed by atoms with Gasteiger partial charge >= 0.3 is 0 Å². The van der Waals surface area contributed by atoms with Crippen LogP contribution < -0.4 is 14.2 Å². The number of alkyl halides is 2.